The highest BCUT2D eigenvalue weighted by atomic mass is 16.1. The monoisotopic (exact) mass is 234 g/mol. The van der Waals surface area contributed by atoms with Crippen LogP contribution in [0.3, 0.4) is 0 Å². The van der Waals surface area contributed by atoms with Gasteiger partial charge in [0.15, 0.2) is 0 Å². The lowest BCUT2D eigenvalue weighted by molar-refractivity contribution is 0.0941. The lowest BCUT2D eigenvalue weighted by Crippen LogP contribution is -2.35. The Balaban J connectivity index is 1.80. The smallest absolute Gasteiger partial charge is 0.254 e. The van der Waals surface area contributed by atoms with Gasteiger partial charge in [0.1, 0.15) is 6.33 Å². The summed E-state index contributed by atoms with van der Waals surface area (Å²) in [6.45, 7) is 0.696. The van der Waals surface area contributed by atoms with Gasteiger partial charge in [0, 0.05) is 25.0 Å². The van der Waals surface area contributed by atoms with Crippen LogP contribution in [0.2, 0.25) is 0 Å². The molecule has 1 aliphatic rings. The zero-order valence-corrected chi connectivity index (χ0v) is 9.80. The third-order valence-electron chi connectivity index (χ3n) is 3.20. The Morgan fingerprint density at radius 3 is 2.88 bits per heavy atom. The molecule has 3 N–H and O–H groups in total. The summed E-state index contributed by atoms with van der Waals surface area (Å²) in [6.07, 6.45) is 8.89. The first-order valence-electron chi connectivity index (χ1n) is 6.04. The summed E-state index contributed by atoms with van der Waals surface area (Å²) in [5.74, 6) is 0.400. The van der Waals surface area contributed by atoms with E-state index in [1.807, 2.05) is 0 Å². The van der Waals surface area contributed by atoms with Crippen molar-refractivity contribution in [3.8, 4) is 0 Å². The van der Waals surface area contributed by atoms with Crippen molar-refractivity contribution in [2.75, 3.05) is 6.54 Å². The molecule has 92 valence electrons. The zero-order chi connectivity index (χ0) is 12.1. The van der Waals surface area contributed by atoms with Crippen molar-refractivity contribution >= 4 is 5.91 Å². The second kappa shape index (κ2) is 5.72. The van der Waals surface area contributed by atoms with Crippen molar-refractivity contribution < 1.29 is 4.79 Å². The highest BCUT2D eigenvalue weighted by Crippen LogP contribution is 2.22. The molecule has 17 heavy (non-hydrogen) atoms. The van der Waals surface area contributed by atoms with E-state index in [-0.39, 0.29) is 5.91 Å². The molecule has 2 rings (SSSR count). The van der Waals surface area contributed by atoms with Gasteiger partial charge in [-0.1, -0.05) is 6.42 Å². The molecule has 0 bridgehead atoms. The maximum Gasteiger partial charge on any atom is 0.254 e. The highest BCUT2D eigenvalue weighted by Gasteiger charge is 2.19. The second-order valence-corrected chi connectivity index (χ2v) is 4.63. The molecule has 1 saturated carbocycles. The highest BCUT2D eigenvalue weighted by molar-refractivity contribution is 5.93. The summed E-state index contributed by atoms with van der Waals surface area (Å²) in [6, 6.07) is 0.297. The number of rotatable bonds is 3. The first-order chi connectivity index (χ1) is 8.25. The Kier molecular flexibility index (Phi) is 4.03. The topological polar surface area (TPSA) is 80.9 Å². The van der Waals surface area contributed by atoms with E-state index >= 15 is 0 Å². The number of carbonyl (C=O) groups is 1. The van der Waals surface area contributed by atoms with Crippen molar-refractivity contribution in [1.82, 2.24) is 15.3 Å². The molecule has 2 atom stereocenters. The summed E-state index contributed by atoms with van der Waals surface area (Å²) in [4.78, 5) is 19.4. The fraction of sp³-hybridized carbons (Fsp3) is 0.583. The molecule has 0 radical (unpaired) electrons. The summed E-state index contributed by atoms with van der Waals surface area (Å²) in [5, 5.41) is 2.91. The number of nitrogens with one attached hydrogen (secondary N) is 1. The molecule has 2 unspecified atom stereocenters. The van der Waals surface area contributed by atoms with Crippen molar-refractivity contribution in [2.24, 2.45) is 11.7 Å². The molecular formula is C12H18N4O. The van der Waals surface area contributed by atoms with E-state index in [0.717, 1.165) is 25.7 Å². The Bertz CT molecular complexity index is 368. The number of hydrogen-bond donors (Lipinski definition) is 2. The molecule has 0 saturated heterocycles. The van der Waals surface area contributed by atoms with E-state index in [1.54, 1.807) is 0 Å². The summed E-state index contributed by atoms with van der Waals surface area (Å²) in [5.41, 5.74) is 6.42. The molecule has 1 heterocycles. The van der Waals surface area contributed by atoms with Gasteiger partial charge in [0.05, 0.1) is 5.56 Å². The van der Waals surface area contributed by atoms with E-state index in [1.165, 1.54) is 18.7 Å². The van der Waals surface area contributed by atoms with Gasteiger partial charge in [0.25, 0.3) is 5.91 Å². The Labute approximate surface area is 101 Å². The van der Waals surface area contributed by atoms with Crippen LogP contribution in [0.25, 0.3) is 0 Å². The average molecular weight is 234 g/mol. The fourth-order valence-corrected chi connectivity index (χ4v) is 2.27. The number of nitrogens with two attached hydrogens (primary N) is 1. The maximum absolute atomic E-state index is 11.7. The Morgan fingerprint density at radius 1 is 1.41 bits per heavy atom. The van der Waals surface area contributed by atoms with Crippen LogP contribution >= 0.6 is 0 Å². The van der Waals surface area contributed by atoms with Crippen molar-refractivity contribution in [3.63, 3.8) is 0 Å². The number of hydrogen-bond acceptors (Lipinski definition) is 4. The molecule has 0 aliphatic heterocycles. The van der Waals surface area contributed by atoms with Crippen LogP contribution < -0.4 is 11.1 Å². The molecule has 0 aromatic carbocycles. The largest absolute Gasteiger partial charge is 0.352 e. The first-order valence-corrected chi connectivity index (χ1v) is 6.04. The lowest BCUT2D eigenvalue weighted by Gasteiger charge is -2.26. The second-order valence-electron chi connectivity index (χ2n) is 4.63. The lowest BCUT2D eigenvalue weighted by atomic mass is 9.86. The third-order valence-corrected chi connectivity index (χ3v) is 3.20. The first kappa shape index (κ1) is 12.0. The van der Waals surface area contributed by atoms with Gasteiger partial charge in [-0.05, 0) is 25.2 Å². The van der Waals surface area contributed by atoms with Gasteiger partial charge in [-0.25, -0.2) is 9.97 Å². The number of amides is 1. The number of carbonyl (C=O) groups excluding carboxylic acids is 1. The van der Waals surface area contributed by atoms with E-state index < -0.39 is 0 Å². The summed E-state index contributed by atoms with van der Waals surface area (Å²) in [7, 11) is 0. The molecular weight excluding hydrogens is 216 g/mol. The molecule has 1 aromatic heterocycles. The quantitative estimate of drug-likeness (QED) is 0.807. The fourth-order valence-electron chi connectivity index (χ4n) is 2.27. The predicted octanol–water partition coefficient (Wildman–Crippen LogP) is 0.724. The summed E-state index contributed by atoms with van der Waals surface area (Å²) >= 11 is 0. The average Bonchev–Trinajstić information content (AvgIpc) is 2.37. The van der Waals surface area contributed by atoms with E-state index in [2.05, 4.69) is 15.3 Å². The van der Waals surface area contributed by atoms with Gasteiger partial charge in [-0.3, -0.25) is 4.79 Å². The summed E-state index contributed by atoms with van der Waals surface area (Å²) < 4.78 is 0. The SMILES string of the molecule is NC1CCCC(CNC(=O)c2cncnc2)C1. The third kappa shape index (κ3) is 3.49. The molecule has 5 heteroatoms. The van der Waals surface area contributed by atoms with E-state index in [4.69, 9.17) is 5.73 Å². The molecule has 1 amide bonds. The standard InChI is InChI=1S/C12H18N4O/c13-11-3-1-2-9(4-11)5-16-12(17)10-6-14-8-15-7-10/h6-9,11H,1-5,13H2,(H,16,17). The minimum absolute atomic E-state index is 0.107. The van der Waals surface area contributed by atoms with Crippen LogP contribution in [-0.4, -0.2) is 28.5 Å². The van der Waals surface area contributed by atoms with Crippen LogP contribution in [0, 0.1) is 5.92 Å². The van der Waals surface area contributed by atoms with Gasteiger partial charge in [0.2, 0.25) is 0 Å². The van der Waals surface area contributed by atoms with Crippen molar-refractivity contribution in [2.45, 2.75) is 31.7 Å². The van der Waals surface area contributed by atoms with Crippen LogP contribution in [-0.2, 0) is 0 Å². The van der Waals surface area contributed by atoms with Gasteiger partial charge in [-0.2, -0.15) is 0 Å². The van der Waals surface area contributed by atoms with Gasteiger partial charge >= 0.3 is 0 Å². The number of aromatic nitrogens is 2. The minimum atomic E-state index is -0.107. The van der Waals surface area contributed by atoms with Crippen LogP contribution in [0.5, 0.6) is 0 Å². The molecule has 1 aliphatic carbocycles. The van der Waals surface area contributed by atoms with E-state index in [0.29, 0.717) is 24.1 Å². The zero-order valence-electron chi connectivity index (χ0n) is 9.80. The predicted molar refractivity (Wildman–Crippen MR) is 64.3 cm³/mol. The minimum Gasteiger partial charge on any atom is -0.352 e. The van der Waals surface area contributed by atoms with Gasteiger partial charge < -0.3 is 11.1 Å². The van der Waals surface area contributed by atoms with Crippen LogP contribution in [0.15, 0.2) is 18.7 Å². The molecule has 1 fully saturated rings. The Hall–Kier alpha value is -1.49. The van der Waals surface area contributed by atoms with Crippen molar-refractivity contribution in [1.29, 1.82) is 0 Å². The Morgan fingerprint density at radius 2 is 2.18 bits per heavy atom. The normalized spacial score (nSPS) is 24.3. The van der Waals surface area contributed by atoms with Crippen LogP contribution in [0.1, 0.15) is 36.0 Å². The number of nitrogens with zero attached hydrogens (tertiary/aromatic N) is 2. The van der Waals surface area contributed by atoms with Crippen molar-refractivity contribution in [3.05, 3.63) is 24.3 Å². The molecule has 0 spiro atoms. The maximum atomic E-state index is 11.7. The van der Waals surface area contributed by atoms with E-state index in [9.17, 15) is 4.79 Å². The molecule has 5 nitrogen and oxygen atoms in total. The molecule has 1 aromatic rings. The van der Waals surface area contributed by atoms with Crippen LogP contribution in [0.4, 0.5) is 0 Å². The van der Waals surface area contributed by atoms with Gasteiger partial charge in [-0.15, -0.1) is 0 Å².